The summed E-state index contributed by atoms with van der Waals surface area (Å²) in [5.74, 6) is 0.424. The van der Waals surface area contributed by atoms with Crippen LogP contribution in [0.1, 0.15) is 16.8 Å². The van der Waals surface area contributed by atoms with Crippen LogP contribution in [0.4, 0.5) is 0 Å². The van der Waals surface area contributed by atoms with E-state index in [9.17, 15) is 9.59 Å². The SMILES string of the molecule is CN(CCC1CNNC1)C(=O)c1cc(=O)[nH]c2ccccc12. The number of hydrogen-bond donors (Lipinski definition) is 3. The molecule has 1 aromatic heterocycles. The van der Waals surface area contributed by atoms with Gasteiger partial charge in [-0.1, -0.05) is 18.2 Å². The van der Waals surface area contributed by atoms with E-state index in [1.165, 1.54) is 6.07 Å². The van der Waals surface area contributed by atoms with Gasteiger partial charge in [-0.05, 0) is 18.4 Å². The monoisotopic (exact) mass is 300 g/mol. The highest BCUT2D eigenvalue weighted by Crippen LogP contribution is 2.16. The number of rotatable bonds is 4. The number of nitrogens with zero attached hydrogens (tertiary/aromatic N) is 1. The summed E-state index contributed by atoms with van der Waals surface area (Å²) in [5, 5.41) is 0.781. The van der Waals surface area contributed by atoms with Crippen molar-refractivity contribution in [1.29, 1.82) is 0 Å². The van der Waals surface area contributed by atoms with Crippen LogP contribution in [0, 0.1) is 5.92 Å². The highest BCUT2D eigenvalue weighted by molar-refractivity contribution is 6.05. The van der Waals surface area contributed by atoms with Crippen LogP contribution < -0.4 is 16.4 Å². The van der Waals surface area contributed by atoms with Crippen molar-refractivity contribution in [2.75, 3.05) is 26.7 Å². The molecule has 3 N–H and O–H groups in total. The zero-order valence-electron chi connectivity index (χ0n) is 12.6. The lowest BCUT2D eigenvalue weighted by Crippen LogP contribution is -2.30. The molecule has 0 spiro atoms. The molecule has 0 aliphatic carbocycles. The molecular weight excluding hydrogens is 280 g/mol. The fourth-order valence-corrected chi connectivity index (χ4v) is 2.77. The van der Waals surface area contributed by atoms with E-state index in [2.05, 4.69) is 15.8 Å². The number of fused-ring (bicyclic) bond motifs is 1. The van der Waals surface area contributed by atoms with Gasteiger partial charge in [0.25, 0.3) is 5.91 Å². The van der Waals surface area contributed by atoms with Crippen molar-refractivity contribution >= 4 is 16.8 Å². The molecule has 22 heavy (non-hydrogen) atoms. The van der Waals surface area contributed by atoms with Crippen LogP contribution in [0.25, 0.3) is 10.9 Å². The fraction of sp³-hybridized carbons (Fsp3) is 0.375. The number of carbonyl (C=O) groups is 1. The Balaban J connectivity index is 1.80. The molecule has 1 aromatic carbocycles. The first-order chi connectivity index (χ1) is 10.6. The lowest BCUT2D eigenvalue weighted by atomic mass is 10.1. The lowest BCUT2D eigenvalue weighted by molar-refractivity contribution is 0.0790. The van der Waals surface area contributed by atoms with Crippen molar-refractivity contribution in [3.05, 3.63) is 46.2 Å². The molecule has 1 aliphatic heterocycles. The molecule has 0 saturated carbocycles. The third kappa shape index (κ3) is 3.03. The summed E-state index contributed by atoms with van der Waals surface area (Å²) in [7, 11) is 1.79. The van der Waals surface area contributed by atoms with Crippen LogP contribution in [0.3, 0.4) is 0 Å². The van der Waals surface area contributed by atoms with Gasteiger partial charge in [0.1, 0.15) is 0 Å². The van der Waals surface area contributed by atoms with Gasteiger partial charge in [0.15, 0.2) is 0 Å². The number of H-pyrrole nitrogens is 1. The fourth-order valence-electron chi connectivity index (χ4n) is 2.77. The number of aromatic amines is 1. The van der Waals surface area contributed by atoms with E-state index in [1.54, 1.807) is 11.9 Å². The van der Waals surface area contributed by atoms with E-state index in [1.807, 2.05) is 24.3 Å². The van der Waals surface area contributed by atoms with Crippen molar-refractivity contribution in [3.8, 4) is 0 Å². The van der Waals surface area contributed by atoms with Gasteiger partial charge in [-0.25, -0.2) is 0 Å². The smallest absolute Gasteiger partial charge is 0.254 e. The Labute approximate surface area is 128 Å². The number of para-hydroxylation sites is 1. The Bertz CT molecular complexity index is 734. The number of nitrogens with one attached hydrogen (secondary N) is 3. The molecule has 0 bridgehead atoms. The summed E-state index contributed by atoms with van der Waals surface area (Å²) >= 11 is 0. The van der Waals surface area contributed by atoms with Crippen molar-refractivity contribution in [2.45, 2.75) is 6.42 Å². The van der Waals surface area contributed by atoms with Crippen molar-refractivity contribution < 1.29 is 4.79 Å². The average Bonchev–Trinajstić information content (AvgIpc) is 3.04. The molecule has 0 radical (unpaired) electrons. The maximum Gasteiger partial charge on any atom is 0.254 e. The molecule has 1 saturated heterocycles. The van der Waals surface area contributed by atoms with Crippen LogP contribution in [0.5, 0.6) is 0 Å². The molecular formula is C16H20N4O2. The van der Waals surface area contributed by atoms with Crippen molar-refractivity contribution in [1.82, 2.24) is 20.7 Å². The maximum absolute atomic E-state index is 12.7. The van der Waals surface area contributed by atoms with Crippen LogP contribution in [-0.4, -0.2) is 42.5 Å². The standard InChI is InChI=1S/C16H20N4O2/c1-20(7-6-11-9-17-18-10-11)16(22)13-8-15(21)19-14-5-3-2-4-12(13)14/h2-5,8,11,17-18H,6-7,9-10H2,1H3,(H,19,21). The van der Waals surface area contributed by atoms with Gasteiger partial charge in [0, 0.05) is 43.7 Å². The zero-order chi connectivity index (χ0) is 15.5. The minimum atomic E-state index is -0.250. The minimum Gasteiger partial charge on any atom is -0.342 e. The first-order valence-corrected chi connectivity index (χ1v) is 7.48. The van der Waals surface area contributed by atoms with Crippen LogP contribution in [0.15, 0.2) is 35.1 Å². The molecule has 0 atom stereocenters. The van der Waals surface area contributed by atoms with E-state index in [4.69, 9.17) is 0 Å². The van der Waals surface area contributed by atoms with Crippen molar-refractivity contribution in [3.63, 3.8) is 0 Å². The normalized spacial score (nSPS) is 15.3. The summed E-state index contributed by atoms with van der Waals surface area (Å²) in [6, 6.07) is 8.77. The van der Waals surface area contributed by atoms with E-state index in [-0.39, 0.29) is 11.5 Å². The Morgan fingerprint density at radius 1 is 1.27 bits per heavy atom. The predicted octanol–water partition coefficient (Wildman–Crippen LogP) is 0.714. The molecule has 2 aromatic rings. The summed E-state index contributed by atoms with van der Waals surface area (Å²) in [4.78, 5) is 28.9. The number of carbonyl (C=O) groups excluding carboxylic acids is 1. The number of pyridine rings is 1. The molecule has 2 heterocycles. The molecule has 1 fully saturated rings. The summed E-state index contributed by atoms with van der Waals surface area (Å²) in [5.41, 5.74) is 7.08. The first-order valence-electron chi connectivity index (χ1n) is 7.48. The number of hydrazine groups is 1. The highest BCUT2D eigenvalue weighted by atomic mass is 16.2. The Morgan fingerprint density at radius 3 is 2.77 bits per heavy atom. The van der Waals surface area contributed by atoms with E-state index < -0.39 is 0 Å². The second-order valence-electron chi connectivity index (χ2n) is 5.74. The summed E-state index contributed by atoms with van der Waals surface area (Å²) < 4.78 is 0. The molecule has 6 heteroatoms. The average molecular weight is 300 g/mol. The number of benzene rings is 1. The Hall–Kier alpha value is -2.18. The number of amides is 1. The van der Waals surface area contributed by atoms with Gasteiger partial charge in [-0.15, -0.1) is 0 Å². The lowest BCUT2D eigenvalue weighted by Gasteiger charge is -2.19. The minimum absolute atomic E-state index is 0.110. The van der Waals surface area contributed by atoms with Gasteiger partial charge in [-0.2, -0.15) is 0 Å². The quantitative estimate of drug-likeness (QED) is 0.777. The van der Waals surface area contributed by atoms with E-state index in [0.29, 0.717) is 23.5 Å². The maximum atomic E-state index is 12.7. The van der Waals surface area contributed by atoms with Crippen LogP contribution in [-0.2, 0) is 0 Å². The van der Waals surface area contributed by atoms with Gasteiger partial charge >= 0.3 is 0 Å². The molecule has 1 amide bonds. The topological polar surface area (TPSA) is 77.2 Å². The zero-order valence-corrected chi connectivity index (χ0v) is 12.6. The molecule has 3 rings (SSSR count). The molecule has 0 unspecified atom stereocenters. The molecule has 6 nitrogen and oxygen atoms in total. The van der Waals surface area contributed by atoms with Crippen LogP contribution in [0.2, 0.25) is 0 Å². The van der Waals surface area contributed by atoms with E-state index in [0.717, 1.165) is 24.9 Å². The predicted molar refractivity (Wildman–Crippen MR) is 85.6 cm³/mol. The van der Waals surface area contributed by atoms with Crippen LogP contribution >= 0.6 is 0 Å². The Morgan fingerprint density at radius 2 is 2.00 bits per heavy atom. The highest BCUT2D eigenvalue weighted by Gasteiger charge is 2.19. The number of hydrogen-bond acceptors (Lipinski definition) is 4. The van der Waals surface area contributed by atoms with Gasteiger partial charge in [-0.3, -0.25) is 20.4 Å². The first kappa shape index (κ1) is 14.7. The van der Waals surface area contributed by atoms with E-state index >= 15 is 0 Å². The summed E-state index contributed by atoms with van der Waals surface area (Å²) in [6.45, 7) is 2.53. The number of aromatic nitrogens is 1. The van der Waals surface area contributed by atoms with Gasteiger partial charge < -0.3 is 9.88 Å². The second kappa shape index (κ2) is 6.29. The van der Waals surface area contributed by atoms with Gasteiger partial charge in [0.2, 0.25) is 5.56 Å². The largest absolute Gasteiger partial charge is 0.342 e. The third-order valence-corrected chi connectivity index (χ3v) is 4.11. The second-order valence-corrected chi connectivity index (χ2v) is 5.74. The molecule has 116 valence electrons. The van der Waals surface area contributed by atoms with Crippen molar-refractivity contribution in [2.24, 2.45) is 5.92 Å². The van der Waals surface area contributed by atoms with Gasteiger partial charge in [0.05, 0.1) is 5.56 Å². The summed E-state index contributed by atoms with van der Waals surface area (Å²) in [6.07, 6.45) is 0.934. The third-order valence-electron chi connectivity index (χ3n) is 4.11. The molecule has 1 aliphatic rings. The Kier molecular flexibility index (Phi) is 4.22.